The second kappa shape index (κ2) is 5.78. The van der Waals surface area contributed by atoms with Crippen LogP contribution in [0.3, 0.4) is 0 Å². The lowest BCUT2D eigenvalue weighted by molar-refractivity contribution is -0.0944. The van der Waals surface area contributed by atoms with Gasteiger partial charge in [-0.1, -0.05) is 12.1 Å². The van der Waals surface area contributed by atoms with E-state index in [-0.39, 0.29) is 19.5 Å². The molecule has 21 heavy (non-hydrogen) atoms. The predicted molar refractivity (Wildman–Crippen MR) is 72.8 cm³/mol. The quantitative estimate of drug-likeness (QED) is 0.852. The molecule has 0 fully saturated rings. The summed E-state index contributed by atoms with van der Waals surface area (Å²) in [5.41, 5.74) is 1.12. The number of aliphatic hydroxyl groups is 1. The van der Waals surface area contributed by atoms with E-state index in [2.05, 4.69) is 0 Å². The van der Waals surface area contributed by atoms with Crippen LogP contribution in [0.2, 0.25) is 0 Å². The van der Waals surface area contributed by atoms with Crippen LogP contribution >= 0.6 is 0 Å². The zero-order valence-electron chi connectivity index (χ0n) is 11.5. The highest BCUT2D eigenvalue weighted by atomic mass is 19.4. The van der Waals surface area contributed by atoms with Gasteiger partial charge in [0.25, 0.3) is 0 Å². The third-order valence-corrected chi connectivity index (χ3v) is 3.52. The first kappa shape index (κ1) is 15.4. The molecule has 0 saturated heterocycles. The summed E-state index contributed by atoms with van der Waals surface area (Å²) in [6.45, 7) is 1.91. The lowest BCUT2D eigenvalue weighted by atomic mass is 10.0. The minimum Gasteiger partial charge on any atom is -0.389 e. The van der Waals surface area contributed by atoms with Crippen LogP contribution in [0.1, 0.15) is 30.6 Å². The normalized spacial score (nSPS) is 17.1. The van der Waals surface area contributed by atoms with Crippen LogP contribution in [0, 0.1) is 11.3 Å². The maximum atomic E-state index is 12.6. The highest BCUT2D eigenvalue weighted by Crippen LogP contribution is 2.34. The summed E-state index contributed by atoms with van der Waals surface area (Å²) in [5.74, 6) is 0. The lowest BCUT2D eigenvalue weighted by Gasteiger charge is -2.31. The Balaban J connectivity index is 2.31. The number of hydrogen-bond donors (Lipinski definition) is 1. The number of rotatable bonds is 2. The van der Waals surface area contributed by atoms with Crippen molar-refractivity contribution in [2.45, 2.75) is 25.6 Å². The second-order valence-electron chi connectivity index (χ2n) is 4.98. The smallest absolute Gasteiger partial charge is 0.389 e. The lowest BCUT2D eigenvalue weighted by Crippen LogP contribution is -2.32. The molecule has 1 aromatic carbocycles. The van der Waals surface area contributed by atoms with Crippen molar-refractivity contribution in [1.29, 1.82) is 5.26 Å². The van der Waals surface area contributed by atoms with Crippen molar-refractivity contribution in [2.24, 2.45) is 0 Å². The highest BCUT2D eigenvalue weighted by molar-refractivity contribution is 5.59. The van der Waals surface area contributed by atoms with E-state index in [1.807, 2.05) is 6.07 Å². The third-order valence-electron chi connectivity index (χ3n) is 3.52. The molecule has 1 heterocycles. The SMILES string of the molecule is C[C@H](O)c1ccc(C#N)cc1N1CC=C(C(F)(F)F)CC1. The van der Waals surface area contributed by atoms with E-state index in [0.717, 1.165) is 6.08 Å². The Morgan fingerprint density at radius 3 is 2.57 bits per heavy atom. The highest BCUT2D eigenvalue weighted by Gasteiger charge is 2.35. The van der Waals surface area contributed by atoms with E-state index in [0.29, 0.717) is 16.8 Å². The number of anilines is 1. The van der Waals surface area contributed by atoms with Gasteiger partial charge in [0, 0.05) is 29.9 Å². The largest absolute Gasteiger partial charge is 0.412 e. The van der Waals surface area contributed by atoms with E-state index in [4.69, 9.17) is 5.26 Å². The molecule has 0 radical (unpaired) electrons. The minimum atomic E-state index is -4.28. The number of alkyl halides is 3. The maximum Gasteiger partial charge on any atom is 0.412 e. The van der Waals surface area contributed by atoms with Gasteiger partial charge < -0.3 is 10.0 Å². The first-order valence-electron chi connectivity index (χ1n) is 6.56. The van der Waals surface area contributed by atoms with Crippen molar-refractivity contribution >= 4 is 5.69 Å². The van der Waals surface area contributed by atoms with Gasteiger partial charge in [-0.25, -0.2) is 0 Å². The maximum absolute atomic E-state index is 12.6. The number of aliphatic hydroxyl groups excluding tert-OH is 1. The molecule has 1 aliphatic heterocycles. The Morgan fingerprint density at radius 1 is 1.38 bits per heavy atom. The molecule has 0 saturated carbocycles. The fraction of sp³-hybridized carbons (Fsp3) is 0.400. The molecule has 0 spiro atoms. The standard InChI is InChI=1S/C15H15F3N2O/c1-10(21)13-3-2-11(9-19)8-14(13)20-6-4-12(5-7-20)15(16,17)18/h2-4,8,10,21H,5-7H2,1H3/t10-/m0/s1. The summed E-state index contributed by atoms with van der Waals surface area (Å²) in [7, 11) is 0. The van der Waals surface area contributed by atoms with Gasteiger partial charge in [-0.05, 0) is 25.5 Å². The Morgan fingerprint density at radius 2 is 2.10 bits per heavy atom. The molecular formula is C15H15F3N2O. The van der Waals surface area contributed by atoms with Gasteiger partial charge in [0.05, 0.1) is 17.7 Å². The zero-order chi connectivity index (χ0) is 15.6. The van der Waals surface area contributed by atoms with Gasteiger partial charge in [0.1, 0.15) is 0 Å². The minimum absolute atomic E-state index is 0.0977. The van der Waals surface area contributed by atoms with Crippen molar-refractivity contribution in [2.75, 3.05) is 18.0 Å². The van der Waals surface area contributed by atoms with Crippen LogP contribution in [-0.4, -0.2) is 24.4 Å². The Bertz CT molecular complexity index is 600. The second-order valence-corrected chi connectivity index (χ2v) is 4.98. The predicted octanol–water partition coefficient (Wildman–Crippen LogP) is 3.31. The summed E-state index contributed by atoms with van der Waals surface area (Å²) in [5, 5.41) is 18.7. The molecule has 1 aromatic rings. The van der Waals surface area contributed by atoms with Crippen LogP contribution in [0.5, 0.6) is 0 Å². The van der Waals surface area contributed by atoms with Gasteiger partial charge in [-0.15, -0.1) is 0 Å². The van der Waals surface area contributed by atoms with Crippen LogP contribution in [0.25, 0.3) is 0 Å². The van der Waals surface area contributed by atoms with Crippen molar-refractivity contribution in [3.05, 3.63) is 41.0 Å². The summed E-state index contributed by atoms with van der Waals surface area (Å²) < 4.78 is 37.9. The van der Waals surface area contributed by atoms with E-state index in [1.54, 1.807) is 30.0 Å². The van der Waals surface area contributed by atoms with Crippen molar-refractivity contribution in [3.63, 3.8) is 0 Å². The molecule has 0 aliphatic carbocycles. The zero-order valence-corrected chi connectivity index (χ0v) is 11.5. The fourth-order valence-corrected chi connectivity index (χ4v) is 2.39. The molecule has 2 rings (SSSR count). The van der Waals surface area contributed by atoms with Gasteiger partial charge in [-0.3, -0.25) is 0 Å². The van der Waals surface area contributed by atoms with Gasteiger partial charge in [0.2, 0.25) is 0 Å². The molecule has 3 nitrogen and oxygen atoms in total. The van der Waals surface area contributed by atoms with E-state index in [1.165, 1.54) is 0 Å². The summed E-state index contributed by atoms with van der Waals surface area (Å²) in [4.78, 5) is 1.75. The molecule has 0 amide bonds. The molecular weight excluding hydrogens is 281 g/mol. The number of nitrogens with zero attached hydrogens (tertiary/aromatic N) is 2. The average molecular weight is 296 g/mol. The Kier molecular flexibility index (Phi) is 4.24. The van der Waals surface area contributed by atoms with Crippen LogP contribution < -0.4 is 4.90 Å². The number of hydrogen-bond acceptors (Lipinski definition) is 3. The average Bonchev–Trinajstić information content (AvgIpc) is 2.45. The number of benzene rings is 1. The van der Waals surface area contributed by atoms with E-state index < -0.39 is 17.9 Å². The molecule has 1 atom stereocenters. The van der Waals surface area contributed by atoms with E-state index >= 15 is 0 Å². The first-order chi connectivity index (χ1) is 9.82. The number of halogens is 3. The van der Waals surface area contributed by atoms with Crippen molar-refractivity contribution in [3.8, 4) is 6.07 Å². The molecule has 6 heteroatoms. The summed E-state index contributed by atoms with van der Waals surface area (Å²) in [6, 6.07) is 6.84. The monoisotopic (exact) mass is 296 g/mol. The molecule has 0 unspecified atom stereocenters. The van der Waals surface area contributed by atoms with Crippen LogP contribution in [0.15, 0.2) is 29.8 Å². The van der Waals surface area contributed by atoms with Gasteiger partial charge >= 0.3 is 6.18 Å². The molecule has 0 bridgehead atoms. The summed E-state index contributed by atoms with van der Waals surface area (Å²) in [6.07, 6.45) is -3.97. The molecule has 0 aromatic heterocycles. The van der Waals surface area contributed by atoms with Crippen molar-refractivity contribution < 1.29 is 18.3 Å². The topological polar surface area (TPSA) is 47.3 Å². The third kappa shape index (κ3) is 3.37. The van der Waals surface area contributed by atoms with Gasteiger partial charge in [0.15, 0.2) is 0 Å². The van der Waals surface area contributed by atoms with Crippen LogP contribution in [-0.2, 0) is 0 Å². The van der Waals surface area contributed by atoms with Gasteiger partial charge in [-0.2, -0.15) is 18.4 Å². The molecule has 112 valence electrons. The summed E-state index contributed by atoms with van der Waals surface area (Å²) >= 11 is 0. The molecule has 1 aliphatic rings. The number of nitriles is 1. The van der Waals surface area contributed by atoms with Crippen molar-refractivity contribution in [1.82, 2.24) is 0 Å². The molecule has 1 N–H and O–H groups in total. The first-order valence-corrected chi connectivity index (χ1v) is 6.56. The Labute approximate surface area is 120 Å². The Hall–Kier alpha value is -2.00. The van der Waals surface area contributed by atoms with E-state index in [9.17, 15) is 18.3 Å². The fourth-order valence-electron chi connectivity index (χ4n) is 2.39. The van der Waals surface area contributed by atoms with Crippen LogP contribution in [0.4, 0.5) is 18.9 Å².